The van der Waals surface area contributed by atoms with Gasteiger partial charge in [-0.25, -0.2) is 14.4 Å². The largest absolute Gasteiger partial charge is 0.493 e. The molecule has 186 valence electrons. The highest BCUT2D eigenvalue weighted by Crippen LogP contribution is 2.38. The van der Waals surface area contributed by atoms with Gasteiger partial charge in [-0.1, -0.05) is 23.2 Å². The van der Waals surface area contributed by atoms with E-state index in [1.54, 1.807) is 32.5 Å². The van der Waals surface area contributed by atoms with E-state index < -0.39 is 11.9 Å². The van der Waals surface area contributed by atoms with Gasteiger partial charge in [-0.2, -0.15) is 0 Å². The monoisotopic (exact) mass is 519 g/mol. The second kappa shape index (κ2) is 10.4. The van der Waals surface area contributed by atoms with Gasteiger partial charge in [-0.3, -0.25) is 0 Å². The maximum absolute atomic E-state index is 14.0. The van der Waals surface area contributed by atoms with E-state index in [0.29, 0.717) is 28.1 Å². The normalized spacial score (nSPS) is 17.3. The average Bonchev–Trinajstić information content (AvgIpc) is 2.83. The van der Waals surface area contributed by atoms with Crippen LogP contribution in [0.1, 0.15) is 25.5 Å². The standard InChI is InChI=1S/C25H28Cl2FN5O2/c1-14-13-32(3)7-8-33(14)25-21(34-4)10-17(12-31-25)16-9-20(24(29)30-11-16)35-15(2)22-18(26)5-6-19(28)23(22)27/h5-6,9-12,14-15H,7-8,13H2,1-4H3,(H2,29,30)/t14-,15+/m0/s1. The van der Waals surface area contributed by atoms with Crippen molar-refractivity contribution in [3.8, 4) is 22.6 Å². The van der Waals surface area contributed by atoms with Gasteiger partial charge in [0.05, 0.1) is 12.1 Å². The van der Waals surface area contributed by atoms with Crippen molar-refractivity contribution in [3.63, 3.8) is 0 Å². The molecule has 35 heavy (non-hydrogen) atoms. The average molecular weight is 520 g/mol. The lowest BCUT2D eigenvalue weighted by Gasteiger charge is -2.39. The predicted molar refractivity (Wildman–Crippen MR) is 138 cm³/mol. The molecule has 1 fully saturated rings. The van der Waals surface area contributed by atoms with Gasteiger partial charge in [0, 0.05) is 59.8 Å². The van der Waals surface area contributed by atoms with E-state index in [1.165, 1.54) is 12.1 Å². The van der Waals surface area contributed by atoms with Crippen LogP contribution in [0.3, 0.4) is 0 Å². The molecule has 7 nitrogen and oxygen atoms in total. The van der Waals surface area contributed by atoms with E-state index in [1.807, 2.05) is 6.07 Å². The quantitative estimate of drug-likeness (QED) is 0.433. The molecule has 0 amide bonds. The molecule has 10 heteroatoms. The Bertz CT molecular complexity index is 1230. The minimum atomic E-state index is -0.668. The van der Waals surface area contributed by atoms with Crippen LogP contribution in [0.5, 0.6) is 11.5 Å². The van der Waals surface area contributed by atoms with Crippen molar-refractivity contribution in [2.24, 2.45) is 0 Å². The lowest BCUT2D eigenvalue weighted by atomic mass is 10.1. The molecule has 1 aliphatic heterocycles. The Labute approximate surface area is 214 Å². The fourth-order valence-electron chi connectivity index (χ4n) is 4.29. The van der Waals surface area contributed by atoms with Crippen LogP contribution >= 0.6 is 23.2 Å². The van der Waals surface area contributed by atoms with Crippen LogP contribution in [-0.4, -0.2) is 54.7 Å². The number of piperazine rings is 1. The van der Waals surface area contributed by atoms with Crippen LogP contribution < -0.4 is 20.1 Å². The third kappa shape index (κ3) is 5.24. The Morgan fingerprint density at radius 1 is 1.11 bits per heavy atom. The lowest BCUT2D eigenvalue weighted by Crippen LogP contribution is -2.50. The van der Waals surface area contributed by atoms with Crippen LogP contribution in [0, 0.1) is 5.82 Å². The number of nitrogen functional groups attached to an aromatic ring is 1. The molecule has 2 atom stereocenters. The Balaban J connectivity index is 1.63. The zero-order valence-corrected chi connectivity index (χ0v) is 21.6. The Morgan fingerprint density at radius 2 is 1.80 bits per heavy atom. The van der Waals surface area contributed by atoms with E-state index in [2.05, 4.69) is 28.8 Å². The predicted octanol–water partition coefficient (Wildman–Crippen LogP) is 5.46. The second-order valence-electron chi connectivity index (χ2n) is 8.68. The summed E-state index contributed by atoms with van der Waals surface area (Å²) in [6.45, 7) is 6.67. The molecule has 0 saturated carbocycles. The fraction of sp³-hybridized carbons (Fsp3) is 0.360. The Hall–Kier alpha value is -2.81. The highest BCUT2D eigenvalue weighted by atomic mass is 35.5. The van der Waals surface area contributed by atoms with Crippen molar-refractivity contribution < 1.29 is 13.9 Å². The second-order valence-corrected chi connectivity index (χ2v) is 9.46. The number of methoxy groups -OCH3 is 1. The van der Waals surface area contributed by atoms with Gasteiger partial charge in [0.2, 0.25) is 0 Å². The van der Waals surface area contributed by atoms with Gasteiger partial charge in [0.1, 0.15) is 11.9 Å². The molecule has 3 aromatic rings. The van der Waals surface area contributed by atoms with E-state index >= 15 is 0 Å². The number of halogens is 3. The summed E-state index contributed by atoms with van der Waals surface area (Å²) in [7, 11) is 3.75. The van der Waals surface area contributed by atoms with Crippen LogP contribution in [0.15, 0.2) is 36.7 Å². The highest BCUT2D eigenvalue weighted by Gasteiger charge is 2.26. The number of ether oxygens (including phenoxy) is 2. The number of aromatic nitrogens is 2. The van der Waals surface area contributed by atoms with E-state index in [-0.39, 0.29) is 10.8 Å². The molecule has 1 saturated heterocycles. The van der Waals surface area contributed by atoms with Gasteiger partial charge in [0.25, 0.3) is 0 Å². The highest BCUT2D eigenvalue weighted by molar-refractivity contribution is 6.36. The molecule has 1 aliphatic rings. The smallest absolute Gasteiger partial charge is 0.171 e. The molecule has 0 spiro atoms. The maximum Gasteiger partial charge on any atom is 0.171 e. The first-order valence-corrected chi connectivity index (χ1v) is 12.0. The van der Waals surface area contributed by atoms with Crippen LogP contribution in [0.4, 0.5) is 16.0 Å². The fourth-order valence-corrected chi connectivity index (χ4v) is 4.97. The topological polar surface area (TPSA) is 76.7 Å². The molecule has 0 unspecified atom stereocenters. The summed E-state index contributed by atoms with van der Waals surface area (Å²) < 4.78 is 25.7. The number of likely N-dealkylation sites (N-methyl/N-ethyl adjacent to an activating group) is 1. The number of pyridine rings is 2. The molecule has 4 rings (SSSR count). The number of rotatable bonds is 6. The molecule has 0 bridgehead atoms. The van der Waals surface area contributed by atoms with Gasteiger partial charge in [-0.05, 0) is 45.2 Å². The van der Waals surface area contributed by atoms with Crippen molar-refractivity contribution in [3.05, 3.63) is 58.1 Å². The van der Waals surface area contributed by atoms with Crippen LogP contribution in [-0.2, 0) is 0 Å². The SMILES string of the molecule is COc1cc(-c2cnc(N)c(O[C@H](C)c3c(Cl)ccc(F)c3Cl)c2)cnc1N1CCN(C)C[C@@H]1C. The summed E-state index contributed by atoms with van der Waals surface area (Å²) in [5.74, 6) is 1.41. The number of hydrogen-bond acceptors (Lipinski definition) is 7. The minimum Gasteiger partial charge on any atom is -0.493 e. The molecule has 0 aliphatic carbocycles. The molecular formula is C25H28Cl2FN5O2. The van der Waals surface area contributed by atoms with Gasteiger partial charge in [0.15, 0.2) is 23.1 Å². The molecule has 2 N–H and O–H groups in total. The number of nitrogens with two attached hydrogens (primary N) is 1. The van der Waals surface area contributed by atoms with E-state index in [4.69, 9.17) is 43.4 Å². The van der Waals surface area contributed by atoms with Gasteiger partial charge < -0.3 is 25.0 Å². The summed E-state index contributed by atoms with van der Waals surface area (Å²) in [5.41, 5.74) is 7.95. The van der Waals surface area contributed by atoms with Crippen LogP contribution in [0.2, 0.25) is 10.0 Å². The number of anilines is 2. The van der Waals surface area contributed by atoms with Crippen molar-refractivity contribution in [2.75, 3.05) is 44.4 Å². The zero-order valence-electron chi connectivity index (χ0n) is 20.1. The zero-order chi connectivity index (χ0) is 25.3. The summed E-state index contributed by atoms with van der Waals surface area (Å²) in [6, 6.07) is 6.64. The van der Waals surface area contributed by atoms with Crippen LogP contribution in [0.25, 0.3) is 11.1 Å². The Kier molecular flexibility index (Phi) is 7.54. The third-order valence-corrected chi connectivity index (χ3v) is 6.87. The van der Waals surface area contributed by atoms with Crippen molar-refractivity contribution in [1.29, 1.82) is 0 Å². The molecule has 0 radical (unpaired) electrons. The first kappa shape index (κ1) is 25.3. The molecule has 2 aromatic heterocycles. The number of hydrogen-bond donors (Lipinski definition) is 1. The summed E-state index contributed by atoms with van der Waals surface area (Å²) in [5, 5.41) is 0.213. The van der Waals surface area contributed by atoms with Gasteiger partial charge >= 0.3 is 0 Å². The van der Waals surface area contributed by atoms with E-state index in [9.17, 15) is 4.39 Å². The first-order valence-electron chi connectivity index (χ1n) is 11.2. The summed E-state index contributed by atoms with van der Waals surface area (Å²) in [6.07, 6.45) is 2.76. The third-order valence-electron chi connectivity index (χ3n) is 6.16. The Morgan fingerprint density at radius 3 is 2.49 bits per heavy atom. The lowest BCUT2D eigenvalue weighted by molar-refractivity contribution is 0.227. The van der Waals surface area contributed by atoms with Crippen molar-refractivity contribution in [1.82, 2.24) is 14.9 Å². The summed E-state index contributed by atoms with van der Waals surface area (Å²) >= 11 is 12.4. The summed E-state index contributed by atoms with van der Waals surface area (Å²) in [4.78, 5) is 13.6. The van der Waals surface area contributed by atoms with Gasteiger partial charge in [-0.15, -0.1) is 0 Å². The minimum absolute atomic E-state index is 0.0876. The maximum atomic E-state index is 14.0. The number of nitrogens with zero attached hydrogens (tertiary/aromatic N) is 4. The van der Waals surface area contributed by atoms with Crippen molar-refractivity contribution in [2.45, 2.75) is 26.0 Å². The van der Waals surface area contributed by atoms with Crippen molar-refractivity contribution >= 4 is 34.8 Å². The number of benzene rings is 1. The van der Waals surface area contributed by atoms with E-state index in [0.717, 1.165) is 36.6 Å². The molecular weight excluding hydrogens is 492 g/mol. The molecule has 3 heterocycles. The first-order chi connectivity index (χ1) is 16.7. The molecule has 1 aromatic carbocycles.